The van der Waals surface area contributed by atoms with Crippen LogP contribution in [0, 0.1) is 5.41 Å². The van der Waals surface area contributed by atoms with E-state index in [-0.39, 0.29) is 30.4 Å². The lowest BCUT2D eigenvalue weighted by molar-refractivity contribution is -0.149. The maximum atomic E-state index is 14.0. The first-order valence-electron chi connectivity index (χ1n) is 14.2. The second-order valence-corrected chi connectivity index (χ2v) is 11.6. The van der Waals surface area contributed by atoms with Gasteiger partial charge < -0.3 is 14.5 Å². The van der Waals surface area contributed by atoms with Crippen LogP contribution in [-0.2, 0) is 14.3 Å². The van der Waals surface area contributed by atoms with Crippen molar-refractivity contribution in [2.45, 2.75) is 51.1 Å². The molecule has 6 rings (SSSR count). The zero-order valence-electron chi connectivity index (χ0n) is 22.9. The lowest BCUT2D eigenvalue weighted by Gasteiger charge is -2.45. The molecular formula is C32H37N3O4. The fraction of sp³-hybridized carbons (Fsp3) is 0.469. The van der Waals surface area contributed by atoms with E-state index in [0.29, 0.717) is 19.1 Å². The molecule has 0 saturated carbocycles. The zero-order chi connectivity index (χ0) is 27.1. The Balaban J connectivity index is 1.17. The standard InChI is InChI=1S/C32H37N3O4/c1-22-19-32(31(38)35(22)20-28(36)39-2)14-7-15-34(21-32)25-12-16-33(17-13-25)30(37)29-26-10-5-3-8-23(26)18-24-9-4-6-11-27(24)29/h3-6,8-11,18,22,25H,7,12-17,19-21H2,1-2H3. The Kier molecular flexibility index (Phi) is 6.79. The quantitative estimate of drug-likeness (QED) is 0.370. The number of esters is 1. The summed E-state index contributed by atoms with van der Waals surface area (Å²) in [5.41, 5.74) is 0.385. The van der Waals surface area contributed by atoms with Crippen LogP contribution in [0.3, 0.4) is 0 Å². The molecule has 0 bridgehead atoms. The molecular weight excluding hydrogens is 490 g/mol. The molecule has 7 heteroatoms. The van der Waals surface area contributed by atoms with Crippen LogP contribution < -0.4 is 0 Å². The number of hydrogen-bond acceptors (Lipinski definition) is 5. The Morgan fingerprint density at radius 2 is 1.62 bits per heavy atom. The molecule has 3 saturated heterocycles. The highest BCUT2D eigenvalue weighted by atomic mass is 16.5. The van der Waals surface area contributed by atoms with Gasteiger partial charge in [0.15, 0.2) is 0 Å². The Morgan fingerprint density at radius 1 is 0.974 bits per heavy atom. The molecule has 3 aromatic carbocycles. The molecule has 39 heavy (non-hydrogen) atoms. The molecule has 1 spiro atoms. The molecule has 204 valence electrons. The van der Waals surface area contributed by atoms with Crippen molar-refractivity contribution in [3.8, 4) is 0 Å². The molecule has 2 atom stereocenters. The number of rotatable bonds is 4. The summed E-state index contributed by atoms with van der Waals surface area (Å²) in [5, 5.41) is 4.19. The molecule has 0 N–H and O–H groups in total. The summed E-state index contributed by atoms with van der Waals surface area (Å²) < 4.78 is 4.83. The molecule has 0 aromatic heterocycles. The largest absolute Gasteiger partial charge is 0.468 e. The summed E-state index contributed by atoms with van der Waals surface area (Å²) >= 11 is 0. The third-order valence-electron chi connectivity index (χ3n) is 9.32. The van der Waals surface area contributed by atoms with Gasteiger partial charge in [-0.05, 0) is 73.2 Å². The number of amides is 2. The molecule has 3 fully saturated rings. The smallest absolute Gasteiger partial charge is 0.325 e. The van der Waals surface area contributed by atoms with Crippen molar-refractivity contribution in [1.82, 2.24) is 14.7 Å². The Bertz CT molecular complexity index is 1380. The number of likely N-dealkylation sites (tertiary alicyclic amines) is 3. The molecule has 3 aliphatic heterocycles. The summed E-state index contributed by atoms with van der Waals surface area (Å²) in [4.78, 5) is 45.6. The van der Waals surface area contributed by atoms with Gasteiger partial charge in [-0.2, -0.15) is 0 Å². The monoisotopic (exact) mass is 527 g/mol. The minimum atomic E-state index is -0.416. The van der Waals surface area contributed by atoms with E-state index in [4.69, 9.17) is 4.74 Å². The van der Waals surface area contributed by atoms with Gasteiger partial charge in [-0.1, -0.05) is 48.5 Å². The number of carbonyl (C=O) groups excluding carboxylic acids is 3. The topological polar surface area (TPSA) is 70.2 Å². The minimum absolute atomic E-state index is 0.0294. The zero-order valence-corrected chi connectivity index (χ0v) is 22.9. The molecule has 3 aliphatic rings. The first-order valence-corrected chi connectivity index (χ1v) is 14.2. The van der Waals surface area contributed by atoms with Crippen LogP contribution >= 0.6 is 0 Å². The highest BCUT2D eigenvalue weighted by molar-refractivity contribution is 6.18. The Hall–Kier alpha value is -3.45. The molecule has 3 aromatic rings. The molecule has 0 radical (unpaired) electrons. The van der Waals surface area contributed by atoms with Crippen LogP contribution in [0.1, 0.15) is 49.4 Å². The third kappa shape index (κ3) is 4.56. The number of nitrogens with zero attached hydrogens (tertiary/aromatic N) is 3. The van der Waals surface area contributed by atoms with E-state index in [1.54, 1.807) is 4.90 Å². The van der Waals surface area contributed by atoms with Gasteiger partial charge in [-0.3, -0.25) is 19.3 Å². The van der Waals surface area contributed by atoms with Crippen molar-refractivity contribution < 1.29 is 19.1 Å². The fourth-order valence-electron chi connectivity index (χ4n) is 7.36. The molecule has 3 heterocycles. The number of carbonyl (C=O) groups is 3. The van der Waals surface area contributed by atoms with E-state index in [2.05, 4.69) is 35.2 Å². The van der Waals surface area contributed by atoms with Crippen LogP contribution in [0.15, 0.2) is 54.6 Å². The molecule has 2 unspecified atom stereocenters. The van der Waals surface area contributed by atoms with E-state index in [1.807, 2.05) is 36.1 Å². The SMILES string of the molecule is COC(=O)CN1C(=O)C2(CCCN(C3CCN(C(=O)c4c5ccccc5cc5ccccc45)CC3)C2)CC1C. The number of benzene rings is 3. The molecule has 2 amide bonds. The van der Waals surface area contributed by atoms with Gasteiger partial charge in [0.1, 0.15) is 6.54 Å². The normalized spacial score (nSPS) is 24.7. The van der Waals surface area contributed by atoms with E-state index in [9.17, 15) is 14.4 Å². The molecule has 7 nitrogen and oxygen atoms in total. The van der Waals surface area contributed by atoms with E-state index < -0.39 is 5.41 Å². The lowest BCUT2D eigenvalue weighted by atomic mass is 9.76. The maximum Gasteiger partial charge on any atom is 0.325 e. The van der Waals surface area contributed by atoms with Crippen molar-refractivity contribution in [2.75, 3.05) is 39.8 Å². The lowest BCUT2D eigenvalue weighted by Crippen LogP contribution is -2.54. The third-order valence-corrected chi connectivity index (χ3v) is 9.32. The predicted molar refractivity (Wildman–Crippen MR) is 151 cm³/mol. The number of ether oxygens (including phenoxy) is 1. The van der Waals surface area contributed by atoms with Gasteiger partial charge in [-0.15, -0.1) is 0 Å². The summed E-state index contributed by atoms with van der Waals surface area (Å²) in [7, 11) is 1.37. The summed E-state index contributed by atoms with van der Waals surface area (Å²) in [6, 6.07) is 18.9. The van der Waals surface area contributed by atoms with Crippen LogP contribution in [0.25, 0.3) is 21.5 Å². The van der Waals surface area contributed by atoms with Gasteiger partial charge in [0.2, 0.25) is 5.91 Å². The van der Waals surface area contributed by atoms with Crippen molar-refractivity contribution in [2.24, 2.45) is 5.41 Å². The first-order chi connectivity index (χ1) is 18.9. The predicted octanol–water partition coefficient (Wildman–Crippen LogP) is 4.47. The number of fused-ring (bicyclic) bond motifs is 2. The maximum absolute atomic E-state index is 14.0. The van der Waals surface area contributed by atoms with Gasteiger partial charge >= 0.3 is 5.97 Å². The van der Waals surface area contributed by atoms with Crippen molar-refractivity contribution in [3.63, 3.8) is 0 Å². The average Bonchev–Trinajstić information content (AvgIpc) is 3.18. The van der Waals surface area contributed by atoms with Crippen LogP contribution in [-0.4, -0.2) is 84.4 Å². The van der Waals surface area contributed by atoms with Crippen LogP contribution in [0.4, 0.5) is 0 Å². The van der Waals surface area contributed by atoms with E-state index in [1.165, 1.54) is 7.11 Å². The second kappa shape index (κ2) is 10.3. The van der Waals surface area contributed by atoms with E-state index >= 15 is 0 Å². The van der Waals surface area contributed by atoms with Gasteiger partial charge in [0.05, 0.1) is 18.1 Å². The molecule has 0 aliphatic carbocycles. The van der Waals surface area contributed by atoms with Crippen molar-refractivity contribution in [3.05, 3.63) is 60.2 Å². The number of piperidine rings is 2. The summed E-state index contributed by atoms with van der Waals surface area (Å²) in [6.07, 6.45) is 4.44. The summed E-state index contributed by atoms with van der Waals surface area (Å²) in [6.45, 7) is 5.21. The van der Waals surface area contributed by atoms with Gasteiger partial charge in [0, 0.05) is 31.7 Å². The highest BCUT2D eigenvalue weighted by Crippen LogP contribution is 2.44. The van der Waals surface area contributed by atoms with Gasteiger partial charge in [0.25, 0.3) is 5.91 Å². The fourth-order valence-corrected chi connectivity index (χ4v) is 7.36. The van der Waals surface area contributed by atoms with Crippen LogP contribution in [0.5, 0.6) is 0 Å². The number of methoxy groups -OCH3 is 1. The Labute approximate surface area is 229 Å². The van der Waals surface area contributed by atoms with Crippen molar-refractivity contribution in [1.29, 1.82) is 0 Å². The second-order valence-electron chi connectivity index (χ2n) is 11.6. The first kappa shape index (κ1) is 25.8. The highest BCUT2D eigenvalue weighted by Gasteiger charge is 2.53. The minimum Gasteiger partial charge on any atom is -0.468 e. The van der Waals surface area contributed by atoms with Crippen molar-refractivity contribution >= 4 is 39.3 Å². The van der Waals surface area contributed by atoms with Gasteiger partial charge in [-0.25, -0.2) is 0 Å². The number of hydrogen-bond donors (Lipinski definition) is 0. The van der Waals surface area contributed by atoms with E-state index in [0.717, 1.165) is 72.3 Å². The Morgan fingerprint density at radius 3 is 2.26 bits per heavy atom. The summed E-state index contributed by atoms with van der Waals surface area (Å²) in [5.74, 6) is -0.161. The van der Waals surface area contributed by atoms with Crippen LogP contribution in [0.2, 0.25) is 0 Å². The average molecular weight is 528 g/mol.